The molecular formula is C34H28ClFN10O2. The van der Waals surface area contributed by atoms with Gasteiger partial charge in [0.15, 0.2) is 0 Å². The Labute approximate surface area is 280 Å². The van der Waals surface area contributed by atoms with Crippen molar-refractivity contribution in [3.05, 3.63) is 106 Å². The van der Waals surface area contributed by atoms with Gasteiger partial charge in [-0.05, 0) is 36.4 Å². The summed E-state index contributed by atoms with van der Waals surface area (Å²) in [6.45, 7) is 5.85. The van der Waals surface area contributed by atoms with Crippen LogP contribution in [0.1, 0.15) is 22.3 Å². The van der Waals surface area contributed by atoms with E-state index in [1.54, 1.807) is 39.8 Å². The molecule has 12 nitrogen and oxygen atoms in total. The Bertz CT molecular complexity index is 2030. The number of ether oxygens (including phenoxy) is 2. The second-order valence-corrected chi connectivity index (χ2v) is 11.2. The van der Waals surface area contributed by atoms with Crippen LogP contribution in [-0.2, 0) is 9.47 Å². The van der Waals surface area contributed by atoms with E-state index in [9.17, 15) is 4.39 Å². The van der Waals surface area contributed by atoms with E-state index in [0.29, 0.717) is 66.0 Å². The third-order valence-corrected chi connectivity index (χ3v) is 7.54. The number of halogens is 2. The molecule has 48 heavy (non-hydrogen) atoms. The molecule has 0 aliphatic carbocycles. The maximum atomic E-state index is 13.2. The van der Waals surface area contributed by atoms with Gasteiger partial charge in [-0.25, -0.2) is 23.4 Å². The predicted molar refractivity (Wildman–Crippen MR) is 177 cm³/mol. The smallest absolute Gasteiger partial charge is 0.254 e. The van der Waals surface area contributed by atoms with Crippen molar-refractivity contribution in [3.8, 4) is 23.7 Å². The molecule has 240 valence electrons. The largest absolute Gasteiger partial charge is 0.378 e. The molecule has 8 rings (SSSR count). The number of nitrogens with zero attached hydrogens (tertiary/aromatic N) is 10. The van der Waals surface area contributed by atoms with Crippen molar-refractivity contribution in [3.63, 3.8) is 0 Å². The quantitative estimate of drug-likeness (QED) is 0.256. The Morgan fingerprint density at radius 1 is 0.625 bits per heavy atom. The van der Waals surface area contributed by atoms with E-state index in [-0.39, 0.29) is 5.82 Å². The number of aromatic nitrogens is 8. The number of rotatable bonds is 2. The Morgan fingerprint density at radius 2 is 1.10 bits per heavy atom. The molecule has 0 amide bonds. The first-order valence-electron chi connectivity index (χ1n) is 15.2. The van der Waals surface area contributed by atoms with Crippen LogP contribution in [0.3, 0.4) is 0 Å². The van der Waals surface area contributed by atoms with Crippen LogP contribution in [0.5, 0.6) is 0 Å². The Kier molecular flexibility index (Phi) is 9.33. The zero-order valence-electron chi connectivity index (χ0n) is 25.6. The summed E-state index contributed by atoms with van der Waals surface area (Å²) in [5, 5.41) is 9.61. The zero-order valence-corrected chi connectivity index (χ0v) is 26.4. The van der Waals surface area contributed by atoms with E-state index >= 15 is 0 Å². The molecule has 2 aliphatic rings. The van der Waals surface area contributed by atoms with Crippen molar-refractivity contribution in [2.45, 2.75) is 0 Å². The fourth-order valence-electron chi connectivity index (χ4n) is 4.89. The lowest BCUT2D eigenvalue weighted by molar-refractivity contribution is 0.122. The fraction of sp³-hybridized carbons (Fsp3) is 0.235. The van der Waals surface area contributed by atoms with Crippen LogP contribution in [0.15, 0.2) is 73.3 Å². The van der Waals surface area contributed by atoms with Crippen LogP contribution in [0.25, 0.3) is 11.6 Å². The molecule has 6 heterocycles. The van der Waals surface area contributed by atoms with E-state index in [1.165, 1.54) is 12.1 Å². The van der Waals surface area contributed by atoms with Crippen LogP contribution in [0.4, 0.5) is 16.3 Å². The molecule has 2 saturated heterocycles. The molecule has 0 saturated carbocycles. The van der Waals surface area contributed by atoms with Crippen molar-refractivity contribution in [2.24, 2.45) is 0 Å². The van der Waals surface area contributed by atoms with Crippen LogP contribution >= 0.6 is 11.6 Å². The molecule has 6 aromatic rings. The molecule has 0 unspecified atom stereocenters. The highest BCUT2D eigenvalue weighted by Gasteiger charge is 2.17. The summed E-state index contributed by atoms with van der Waals surface area (Å²) in [6.07, 6.45) is 6.94. The Balaban J connectivity index is 0.000000152. The fourth-order valence-corrected chi connectivity index (χ4v) is 5.08. The van der Waals surface area contributed by atoms with Gasteiger partial charge in [-0.1, -0.05) is 47.4 Å². The van der Waals surface area contributed by atoms with E-state index < -0.39 is 0 Å². The number of hydrogen-bond donors (Lipinski definition) is 0. The standard InChI is InChI=1S/C17H14ClN5O.C17H14FN5O/c2*18-15-3-1-2-13(10-15)4-5-14-11-19-16-20-17(21-23(16)12-14)22-6-8-24-9-7-22/h2*1-3,10-12H,6-9H2. The molecule has 0 atom stereocenters. The third kappa shape index (κ3) is 7.67. The monoisotopic (exact) mass is 662 g/mol. The molecule has 0 radical (unpaired) electrons. The van der Waals surface area contributed by atoms with Crippen LogP contribution < -0.4 is 9.80 Å². The Hall–Kier alpha value is -5.60. The Morgan fingerprint density at radius 3 is 1.60 bits per heavy atom. The molecule has 2 aliphatic heterocycles. The maximum absolute atomic E-state index is 13.2. The molecule has 0 N–H and O–H groups in total. The lowest BCUT2D eigenvalue weighted by Crippen LogP contribution is -2.36. The highest BCUT2D eigenvalue weighted by atomic mass is 35.5. The highest BCUT2D eigenvalue weighted by Crippen LogP contribution is 2.14. The van der Waals surface area contributed by atoms with Gasteiger partial charge in [-0.3, -0.25) is 0 Å². The molecule has 14 heteroatoms. The van der Waals surface area contributed by atoms with E-state index in [2.05, 4.69) is 63.6 Å². The topological polar surface area (TPSA) is 111 Å². The zero-order chi connectivity index (χ0) is 32.7. The van der Waals surface area contributed by atoms with Gasteiger partial charge in [-0.2, -0.15) is 9.97 Å². The number of morpholine rings is 2. The lowest BCUT2D eigenvalue weighted by Gasteiger charge is -2.25. The SMILES string of the molecule is Clc1cccc(C#Cc2cnc3nc(N4CCOCC4)nn3c2)c1.Fc1cccc(C#Cc2cnc3nc(N4CCOCC4)nn3c2)c1. The second kappa shape index (κ2) is 14.4. The van der Waals surface area contributed by atoms with Gasteiger partial charge >= 0.3 is 0 Å². The normalized spacial score (nSPS) is 14.5. The second-order valence-electron chi connectivity index (χ2n) is 10.7. The average molecular weight is 663 g/mol. The predicted octanol–water partition coefficient (Wildman–Crippen LogP) is 3.51. The van der Waals surface area contributed by atoms with Gasteiger partial charge < -0.3 is 19.3 Å². The molecule has 0 spiro atoms. The van der Waals surface area contributed by atoms with Crippen molar-refractivity contribution in [2.75, 3.05) is 62.4 Å². The summed E-state index contributed by atoms with van der Waals surface area (Å²) in [5.74, 6) is 14.1. The first-order chi connectivity index (χ1) is 23.6. The van der Waals surface area contributed by atoms with Crippen LogP contribution in [0, 0.1) is 29.5 Å². The average Bonchev–Trinajstić information content (AvgIpc) is 3.75. The third-order valence-electron chi connectivity index (χ3n) is 7.30. The molecule has 2 aromatic carbocycles. The minimum Gasteiger partial charge on any atom is -0.378 e. The maximum Gasteiger partial charge on any atom is 0.254 e. The highest BCUT2D eigenvalue weighted by molar-refractivity contribution is 6.30. The van der Waals surface area contributed by atoms with Gasteiger partial charge in [-0.15, -0.1) is 10.2 Å². The van der Waals surface area contributed by atoms with Gasteiger partial charge in [0.05, 0.1) is 37.6 Å². The van der Waals surface area contributed by atoms with Crippen molar-refractivity contribution < 1.29 is 13.9 Å². The molecule has 4 aromatic heterocycles. The summed E-state index contributed by atoms with van der Waals surface area (Å²) < 4.78 is 27.1. The summed E-state index contributed by atoms with van der Waals surface area (Å²) in [6, 6.07) is 13.6. The van der Waals surface area contributed by atoms with E-state index in [1.807, 2.05) is 30.5 Å². The van der Waals surface area contributed by atoms with Crippen LogP contribution in [-0.4, -0.2) is 91.8 Å². The van der Waals surface area contributed by atoms with Crippen molar-refractivity contribution in [1.29, 1.82) is 0 Å². The summed E-state index contributed by atoms with van der Waals surface area (Å²) in [4.78, 5) is 21.6. The molecule has 0 bridgehead atoms. The number of hydrogen-bond acceptors (Lipinski definition) is 10. The van der Waals surface area contributed by atoms with Gasteiger partial charge in [0.25, 0.3) is 11.6 Å². The minimum absolute atomic E-state index is 0.304. The lowest BCUT2D eigenvalue weighted by atomic mass is 10.2. The summed E-state index contributed by atoms with van der Waals surface area (Å²) in [7, 11) is 0. The number of benzene rings is 2. The van der Waals surface area contributed by atoms with Gasteiger partial charge in [0, 0.05) is 67.1 Å². The van der Waals surface area contributed by atoms with E-state index in [4.69, 9.17) is 21.1 Å². The van der Waals surface area contributed by atoms with Crippen LogP contribution in [0.2, 0.25) is 5.02 Å². The summed E-state index contributed by atoms with van der Waals surface area (Å²) >= 11 is 5.97. The summed E-state index contributed by atoms with van der Waals surface area (Å²) in [5.41, 5.74) is 2.92. The number of fused-ring (bicyclic) bond motifs is 2. The van der Waals surface area contributed by atoms with E-state index in [0.717, 1.165) is 37.3 Å². The van der Waals surface area contributed by atoms with Gasteiger partial charge in [0.1, 0.15) is 5.82 Å². The first kappa shape index (κ1) is 31.0. The number of anilines is 2. The van der Waals surface area contributed by atoms with Crippen molar-refractivity contribution >= 4 is 35.1 Å². The minimum atomic E-state index is -0.304. The van der Waals surface area contributed by atoms with Crippen molar-refractivity contribution in [1.82, 2.24) is 39.2 Å². The molecular weight excluding hydrogens is 635 g/mol. The molecule has 2 fully saturated rings. The first-order valence-corrected chi connectivity index (χ1v) is 15.6. The van der Waals surface area contributed by atoms with Gasteiger partial charge in [0.2, 0.25) is 11.9 Å².